The number of H-pyrrole nitrogens is 1. The first-order valence-electron chi connectivity index (χ1n) is 10.4. The fourth-order valence-corrected chi connectivity index (χ4v) is 5.24. The van der Waals surface area contributed by atoms with Crippen LogP contribution >= 0.6 is 11.6 Å². The van der Waals surface area contributed by atoms with Crippen molar-refractivity contribution in [2.24, 2.45) is 0 Å². The maximum atomic E-state index is 11.0. The van der Waals surface area contributed by atoms with E-state index in [-0.39, 0.29) is 41.8 Å². The van der Waals surface area contributed by atoms with Crippen molar-refractivity contribution in [3.05, 3.63) is 16.8 Å². The number of fused-ring (bicyclic) bond motifs is 3. The number of aromatic amines is 1. The van der Waals surface area contributed by atoms with Crippen LogP contribution in [0.2, 0.25) is 5.02 Å². The molecule has 2 aliphatic carbocycles. The Balaban J connectivity index is 1.16. The molecular formula is C20H23ClN4O6. The Morgan fingerprint density at radius 1 is 1.35 bits per heavy atom. The summed E-state index contributed by atoms with van der Waals surface area (Å²) in [6, 6.07) is 2.13. The molecule has 0 spiro atoms. The van der Waals surface area contributed by atoms with Gasteiger partial charge in [-0.15, -0.1) is 0 Å². The molecule has 0 aromatic carbocycles. The van der Waals surface area contributed by atoms with E-state index in [4.69, 9.17) is 35.5 Å². The van der Waals surface area contributed by atoms with E-state index in [1.807, 2.05) is 6.07 Å². The lowest BCUT2D eigenvalue weighted by Crippen LogP contribution is -2.34. The van der Waals surface area contributed by atoms with Gasteiger partial charge in [-0.1, -0.05) is 11.6 Å². The quantitative estimate of drug-likeness (QED) is 0.519. The largest absolute Gasteiger partial charge is 0.456 e. The van der Waals surface area contributed by atoms with Crippen molar-refractivity contribution in [3.8, 4) is 6.01 Å². The van der Waals surface area contributed by atoms with E-state index in [2.05, 4.69) is 15.3 Å². The Hall–Kier alpha value is -1.98. The van der Waals surface area contributed by atoms with Crippen molar-refractivity contribution in [1.29, 1.82) is 0 Å². The van der Waals surface area contributed by atoms with Gasteiger partial charge in [0.25, 0.3) is 6.01 Å². The van der Waals surface area contributed by atoms with Gasteiger partial charge in [-0.3, -0.25) is 4.79 Å². The molecule has 4 heterocycles. The van der Waals surface area contributed by atoms with Gasteiger partial charge in [0, 0.05) is 18.9 Å². The third-order valence-electron chi connectivity index (χ3n) is 6.75. The van der Waals surface area contributed by atoms with Crippen molar-refractivity contribution in [2.75, 3.05) is 26.4 Å². The molecule has 2 aliphatic heterocycles. The van der Waals surface area contributed by atoms with Crippen LogP contribution in [0.3, 0.4) is 0 Å². The van der Waals surface area contributed by atoms with Crippen LogP contribution in [0, 0.1) is 0 Å². The molecule has 0 radical (unpaired) electrons. The molecule has 2 saturated heterocycles. The van der Waals surface area contributed by atoms with Crippen LogP contribution in [-0.2, 0) is 24.4 Å². The van der Waals surface area contributed by atoms with Crippen LogP contribution in [0.25, 0.3) is 11.2 Å². The predicted octanol–water partition coefficient (Wildman–Crippen LogP) is 0.454. The van der Waals surface area contributed by atoms with Gasteiger partial charge >= 0.3 is 0 Å². The highest BCUT2D eigenvalue weighted by molar-refractivity contribution is 6.32. The number of nitrogens with one attached hydrogen (secondary N) is 2. The molecule has 0 unspecified atom stereocenters. The van der Waals surface area contributed by atoms with E-state index >= 15 is 0 Å². The lowest BCUT2D eigenvalue weighted by atomic mass is 10.1. The lowest BCUT2D eigenvalue weighted by molar-refractivity contribution is -0.119. The van der Waals surface area contributed by atoms with Gasteiger partial charge in [0.15, 0.2) is 11.8 Å². The number of pyridine rings is 1. The highest BCUT2D eigenvalue weighted by Crippen LogP contribution is 2.81. The molecule has 2 aromatic heterocycles. The van der Waals surface area contributed by atoms with Crippen molar-refractivity contribution < 1.29 is 28.8 Å². The topological polar surface area (TPSA) is 128 Å². The number of rotatable bonds is 7. The number of amides is 1. The molecule has 4 atom stereocenters. The molecule has 6 rings (SSSR count). The number of carbonyl (C=O) groups excluding carboxylic acids is 1. The van der Waals surface area contributed by atoms with Gasteiger partial charge in [0.2, 0.25) is 5.91 Å². The zero-order chi connectivity index (χ0) is 21.4. The van der Waals surface area contributed by atoms with Gasteiger partial charge in [-0.2, -0.15) is 4.98 Å². The molecule has 0 bridgehead atoms. The van der Waals surface area contributed by atoms with Gasteiger partial charge < -0.3 is 34.4 Å². The standard InChI is InChI=1S/C20H23ClN4O6/c1-9(26)22-2-3-30-20-7-19(20,8-20)16-10(21)4-11-17(24-16)25-18(23-11)31-13-6-29-14-12(27)5-28-15(13)14/h4,12-15,27H,2-3,5-8H2,1H3,(H,22,26)(H,23,24,25)/t12-,13-,14-,15-,19?,20?/m1/s1. The highest BCUT2D eigenvalue weighted by Gasteiger charge is 2.86. The summed E-state index contributed by atoms with van der Waals surface area (Å²) in [6.07, 6.45) is 0.0725. The minimum Gasteiger partial charge on any atom is -0.456 e. The molecule has 2 saturated carbocycles. The third kappa shape index (κ3) is 3.04. The molecule has 31 heavy (non-hydrogen) atoms. The van der Waals surface area contributed by atoms with E-state index in [0.717, 1.165) is 18.5 Å². The Morgan fingerprint density at radius 2 is 2.16 bits per heavy atom. The van der Waals surface area contributed by atoms with Crippen molar-refractivity contribution >= 4 is 28.7 Å². The molecule has 2 aromatic rings. The van der Waals surface area contributed by atoms with E-state index in [9.17, 15) is 9.90 Å². The summed E-state index contributed by atoms with van der Waals surface area (Å²) in [5.41, 5.74) is 1.63. The molecule has 4 aliphatic rings. The van der Waals surface area contributed by atoms with E-state index < -0.39 is 6.10 Å². The first kappa shape index (κ1) is 19.7. The smallest absolute Gasteiger partial charge is 0.296 e. The van der Waals surface area contributed by atoms with Crippen molar-refractivity contribution in [2.45, 2.75) is 55.2 Å². The fourth-order valence-electron chi connectivity index (χ4n) is 4.91. The molecule has 10 nitrogen and oxygen atoms in total. The Labute approximate surface area is 182 Å². The number of aliphatic hydroxyl groups excluding tert-OH is 1. The average molecular weight is 451 g/mol. The van der Waals surface area contributed by atoms with Crippen molar-refractivity contribution in [3.63, 3.8) is 0 Å². The predicted molar refractivity (Wildman–Crippen MR) is 107 cm³/mol. The molecular weight excluding hydrogens is 428 g/mol. The number of hydrogen-bond donors (Lipinski definition) is 3. The molecule has 1 amide bonds. The lowest BCUT2D eigenvalue weighted by Gasteiger charge is -2.15. The number of aliphatic hydroxyl groups is 1. The van der Waals surface area contributed by atoms with Crippen LogP contribution < -0.4 is 10.1 Å². The summed E-state index contributed by atoms with van der Waals surface area (Å²) in [7, 11) is 0. The second kappa shape index (κ2) is 6.76. The molecule has 4 fully saturated rings. The summed E-state index contributed by atoms with van der Waals surface area (Å²) in [5.74, 6) is -0.0685. The monoisotopic (exact) mass is 450 g/mol. The van der Waals surface area contributed by atoms with Gasteiger partial charge in [0.1, 0.15) is 18.3 Å². The summed E-state index contributed by atoms with van der Waals surface area (Å²) in [5, 5.41) is 13.2. The number of ether oxygens (including phenoxy) is 4. The fraction of sp³-hybridized carbons (Fsp3) is 0.650. The van der Waals surface area contributed by atoms with E-state index in [1.54, 1.807) is 0 Å². The SMILES string of the molecule is CC(=O)NCCOC12CC1(c1nc3nc(O[C@@H]4CO[C@H]5[C@@H]4OC[C@H]5O)[nH]c3cc1Cl)C2. The highest BCUT2D eigenvalue weighted by atomic mass is 35.5. The minimum atomic E-state index is -0.630. The number of imidazole rings is 1. The Morgan fingerprint density at radius 3 is 2.97 bits per heavy atom. The summed E-state index contributed by atoms with van der Waals surface area (Å²) in [4.78, 5) is 23.3. The minimum absolute atomic E-state index is 0.0685. The number of aromatic nitrogens is 3. The average Bonchev–Trinajstić information content (AvgIpc) is 3.21. The van der Waals surface area contributed by atoms with Crippen molar-refractivity contribution in [1.82, 2.24) is 20.3 Å². The number of halogens is 1. The summed E-state index contributed by atoms with van der Waals surface area (Å²) < 4.78 is 23.2. The molecule has 11 heteroatoms. The summed E-state index contributed by atoms with van der Waals surface area (Å²) >= 11 is 6.56. The second-order valence-corrected chi connectivity index (χ2v) is 9.22. The first-order valence-corrected chi connectivity index (χ1v) is 10.8. The van der Waals surface area contributed by atoms with Gasteiger partial charge in [0.05, 0.1) is 41.7 Å². The first-order chi connectivity index (χ1) is 14.9. The Bertz CT molecular complexity index is 1050. The molecule has 166 valence electrons. The zero-order valence-electron chi connectivity index (χ0n) is 16.9. The Kier molecular flexibility index (Phi) is 4.29. The maximum absolute atomic E-state index is 11.0. The normalized spacial score (nSPS) is 37.5. The summed E-state index contributed by atoms with van der Waals surface area (Å²) in [6.45, 7) is 3.00. The third-order valence-corrected chi connectivity index (χ3v) is 7.04. The number of hydrogen-bond acceptors (Lipinski definition) is 8. The number of carbonyl (C=O) groups is 1. The van der Waals surface area contributed by atoms with E-state index in [1.165, 1.54) is 6.92 Å². The maximum Gasteiger partial charge on any atom is 0.296 e. The van der Waals surface area contributed by atoms with Crippen LogP contribution in [-0.4, -0.2) is 82.3 Å². The van der Waals surface area contributed by atoms with Crippen LogP contribution in [0.1, 0.15) is 25.5 Å². The van der Waals surface area contributed by atoms with Crippen LogP contribution in [0.4, 0.5) is 0 Å². The van der Waals surface area contributed by atoms with Crippen LogP contribution in [0.15, 0.2) is 6.07 Å². The van der Waals surface area contributed by atoms with Gasteiger partial charge in [-0.25, -0.2) is 4.98 Å². The second-order valence-electron chi connectivity index (χ2n) is 8.81. The van der Waals surface area contributed by atoms with Gasteiger partial charge in [-0.05, 0) is 18.9 Å². The van der Waals surface area contributed by atoms with Crippen LogP contribution in [0.5, 0.6) is 6.01 Å². The zero-order valence-corrected chi connectivity index (χ0v) is 17.6. The van der Waals surface area contributed by atoms with E-state index in [0.29, 0.717) is 42.0 Å². The number of nitrogens with zero attached hydrogens (tertiary/aromatic N) is 2. The molecule has 3 N–H and O–H groups in total.